The fourth-order valence-corrected chi connectivity index (χ4v) is 2.60. The van der Waals surface area contributed by atoms with Crippen LogP contribution in [0.1, 0.15) is 65.2 Å². The average molecular weight is 210 g/mol. The highest BCUT2D eigenvalue weighted by Crippen LogP contribution is 2.28. The zero-order chi connectivity index (χ0) is 11.1. The van der Waals surface area contributed by atoms with Gasteiger partial charge in [0.1, 0.15) is 0 Å². The molecular weight excluding hydrogens is 184 g/mol. The lowest BCUT2D eigenvalue weighted by Gasteiger charge is -2.24. The summed E-state index contributed by atoms with van der Waals surface area (Å²) < 4.78 is 0. The second-order valence-corrected chi connectivity index (χ2v) is 5.09. The normalized spacial score (nSPS) is 26.5. The number of unbranched alkanes of at least 4 members (excludes halogenated alkanes) is 4. The Morgan fingerprint density at radius 3 is 2.67 bits per heavy atom. The third-order valence-corrected chi connectivity index (χ3v) is 3.38. The molecule has 0 bridgehead atoms. The predicted molar refractivity (Wildman–Crippen MR) is 65.9 cm³/mol. The number of aliphatic hydroxyl groups excluding tert-OH is 1. The Morgan fingerprint density at radius 2 is 2.00 bits per heavy atom. The van der Waals surface area contributed by atoms with E-state index in [9.17, 15) is 5.11 Å². The van der Waals surface area contributed by atoms with Crippen molar-refractivity contribution < 1.29 is 5.11 Å². The largest absolute Gasteiger partial charge is 0.389 e. The lowest BCUT2D eigenvalue weighted by Crippen LogP contribution is -2.17. The van der Waals surface area contributed by atoms with E-state index in [-0.39, 0.29) is 6.10 Å². The molecule has 0 aromatic carbocycles. The van der Waals surface area contributed by atoms with Gasteiger partial charge in [0.05, 0.1) is 6.10 Å². The maximum absolute atomic E-state index is 9.61. The molecule has 15 heavy (non-hydrogen) atoms. The highest BCUT2D eigenvalue weighted by Gasteiger charge is 2.18. The molecule has 1 nitrogen and oxygen atoms in total. The van der Waals surface area contributed by atoms with Gasteiger partial charge in [-0.3, -0.25) is 0 Å². The van der Waals surface area contributed by atoms with Gasteiger partial charge in [0.25, 0.3) is 0 Å². The van der Waals surface area contributed by atoms with Crippen LogP contribution < -0.4 is 0 Å². The Hall–Kier alpha value is -0.300. The summed E-state index contributed by atoms with van der Waals surface area (Å²) in [6, 6.07) is 0. The van der Waals surface area contributed by atoms with E-state index in [0.29, 0.717) is 0 Å². The van der Waals surface area contributed by atoms with Crippen molar-refractivity contribution in [3.8, 4) is 0 Å². The van der Waals surface area contributed by atoms with Crippen LogP contribution in [-0.4, -0.2) is 11.2 Å². The monoisotopic (exact) mass is 210 g/mol. The van der Waals surface area contributed by atoms with E-state index >= 15 is 0 Å². The molecule has 0 saturated carbocycles. The molecule has 88 valence electrons. The standard InChI is InChI=1S/C14H26O/c1-3-4-5-6-7-8-13-9-12(2)10-14(15)11-13/h10,13-15H,3-9,11H2,1-2H3. The highest BCUT2D eigenvalue weighted by molar-refractivity contribution is 5.07. The first-order chi connectivity index (χ1) is 7.22. The summed E-state index contributed by atoms with van der Waals surface area (Å²) in [6.07, 6.45) is 12.2. The van der Waals surface area contributed by atoms with Crippen LogP contribution in [0.2, 0.25) is 0 Å². The summed E-state index contributed by atoms with van der Waals surface area (Å²) in [5, 5.41) is 9.61. The van der Waals surface area contributed by atoms with Crippen LogP contribution in [0.3, 0.4) is 0 Å². The van der Waals surface area contributed by atoms with Crippen molar-refractivity contribution in [3.05, 3.63) is 11.6 Å². The van der Waals surface area contributed by atoms with Gasteiger partial charge in [0, 0.05) is 0 Å². The van der Waals surface area contributed by atoms with Gasteiger partial charge in [0.15, 0.2) is 0 Å². The van der Waals surface area contributed by atoms with Crippen LogP contribution in [0.4, 0.5) is 0 Å². The van der Waals surface area contributed by atoms with E-state index in [4.69, 9.17) is 0 Å². The molecule has 2 atom stereocenters. The predicted octanol–water partition coefficient (Wildman–Crippen LogP) is 4.06. The maximum Gasteiger partial charge on any atom is 0.0726 e. The molecule has 0 amide bonds. The van der Waals surface area contributed by atoms with Crippen LogP contribution in [0.25, 0.3) is 0 Å². The van der Waals surface area contributed by atoms with E-state index in [0.717, 1.165) is 12.3 Å². The van der Waals surface area contributed by atoms with E-state index in [1.165, 1.54) is 50.5 Å². The van der Waals surface area contributed by atoms with E-state index in [1.54, 1.807) is 0 Å². The lowest BCUT2D eigenvalue weighted by atomic mass is 9.84. The summed E-state index contributed by atoms with van der Waals surface area (Å²) in [7, 11) is 0. The second kappa shape index (κ2) is 7.05. The van der Waals surface area contributed by atoms with Gasteiger partial charge < -0.3 is 5.11 Å². The highest BCUT2D eigenvalue weighted by atomic mass is 16.3. The number of allylic oxidation sites excluding steroid dienone is 1. The molecule has 0 fully saturated rings. The minimum absolute atomic E-state index is 0.167. The Labute approximate surface area is 94.6 Å². The Morgan fingerprint density at radius 1 is 1.27 bits per heavy atom. The van der Waals surface area contributed by atoms with Crippen molar-refractivity contribution in [2.45, 2.75) is 71.3 Å². The summed E-state index contributed by atoms with van der Waals surface area (Å²) >= 11 is 0. The van der Waals surface area contributed by atoms with Gasteiger partial charge in [-0.05, 0) is 25.7 Å². The molecule has 0 spiro atoms. The maximum atomic E-state index is 9.61. The van der Waals surface area contributed by atoms with Gasteiger partial charge in [-0.15, -0.1) is 0 Å². The zero-order valence-electron chi connectivity index (χ0n) is 10.3. The third kappa shape index (κ3) is 5.36. The van der Waals surface area contributed by atoms with Crippen LogP contribution >= 0.6 is 0 Å². The summed E-state index contributed by atoms with van der Waals surface area (Å²) in [5.74, 6) is 0.742. The van der Waals surface area contributed by atoms with Crippen LogP contribution in [0.15, 0.2) is 11.6 Å². The average Bonchev–Trinajstić information content (AvgIpc) is 2.16. The fourth-order valence-electron chi connectivity index (χ4n) is 2.60. The molecule has 0 radical (unpaired) electrons. The number of aliphatic hydroxyl groups is 1. The van der Waals surface area contributed by atoms with E-state index in [2.05, 4.69) is 13.8 Å². The Bertz CT molecular complexity index is 196. The van der Waals surface area contributed by atoms with Crippen molar-refractivity contribution >= 4 is 0 Å². The summed E-state index contributed by atoms with van der Waals surface area (Å²) in [4.78, 5) is 0. The van der Waals surface area contributed by atoms with Crippen molar-refractivity contribution in [1.82, 2.24) is 0 Å². The van der Waals surface area contributed by atoms with Crippen molar-refractivity contribution in [2.75, 3.05) is 0 Å². The summed E-state index contributed by atoms with van der Waals surface area (Å²) in [5.41, 5.74) is 1.38. The molecule has 0 aliphatic heterocycles. The van der Waals surface area contributed by atoms with Gasteiger partial charge >= 0.3 is 0 Å². The molecule has 1 aliphatic carbocycles. The molecular formula is C14H26O. The van der Waals surface area contributed by atoms with Gasteiger partial charge in [-0.25, -0.2) is 0 Å². The lowest BCUT2D eigenvalue weighted by molar-refractivity contribution is 0.170. The smallest absolute Gasteiger partial charge is 0.0726 e. The molecule has 2 unspecified atom stereocenters. The second-order valence-electron chi connectivity index (χ2n) is 5.09. The zero-order valence-corrected chi connectivity index (χ0v) is 10.3. The first-order valence-electron chi connectivity index (χ1n) is 6.57. The number of hydrogen-bond donors (Lipinski definition) is 1. The Kier molecular flexibility index (Phi) is 6.00. The third-order valence-electron chi connectivity index (χ3n) is 3.38. The molecule has 0 heterocycles. The van der Waals surface area contributed by atoms with E-state index < -0.39 is 0 Å². The number of hydrogen-bond acceptors (Lipinski definition) is 1. The van der Waals surface area contributed by atoms with Crippen LogP contribution in [0, 0.1) is 5.92 Å². The summed E-state index contributed by atoms with van der Waals surface area (Å²) in [6.45, 7) is 4.40. The Balaban J connectivity index is 2.09. The van der Waals surface area contributed by atoms with Crippen molar-refractivity contribution in [2.24, 2.45) is 5.92 Å². The minimum atomic E-state index is -0.167. The quantitative estimate of drug-likeness (QED) is 0.517. The molecule has 1 aliphatic rings. The molecule has 1 N–H and O–H groups in total. The van der Waals surface area contributed by atoms with Crippen molar-refractivity contribution in [3.63, 3.8) is 0 Å². The van der Waals surface area contributed by atoms with Gasteiger partial charge in [0.2, 0.25) is 0 Å². The van der Waals surface area contributed by atoms with Gasteiger partial charge in [-0.2, -0.15) is 0 Å². The fraction of sp³-hybridized carbons (Fsp3) is 0.857. The molecule has 0 aromatic heterocycles. The minimum Gasteiger partial charge on any atom is -0.389 e. The molecule has 1 rings (SSSR count). The van der Waals surface area contributed by atoms with Gasteiger partial charge in [-0.1, -0.05) is 57.1 Å². The SMILES string of the molecule is CCCCCCCC1CC(C)=CC(O)C1. The van der Waals surface area contributed by atoms with Crippen LogP contribution in [-0.2, 0) is 0 Å². The first kappa shape index (κ1) is 12.8. The number of rotatable bonds is 6. The molecule has 0 aromatic rings. The van der Waals surface area contributed by atoms with Crippen molar-refractivity contribution in [1.29, 1.82) is 0 Å². The first-order valence-corrected chi connectivity index (χ1v) is 6.57. The topological polar surface area (TPSA) is 20.2 Å². The molecule has 1 heteroatoms. The van der Waals surface area contributed by atoms with Crippen LogP contribution in [0.5, 0.6) is 0 Å². The molecule has 0 saturated heterocycles. The van der Waals surface area contributed by atoms with E-state index in [1.807, 2.05) is 6.08 Å².